The molecule has 3 N–H and O–H groups in total. The lowest BCUT2D eigenvalue weighted by molar-refractivity contribution is 0.0568. The Labute approximate surface area is 101 Å². The van der Waals surface area contributed by atoms with Crippen molar-refractivity contribution in [1.29, 1.82) is 0 Å². The zero-order valence-corrected chi connectivity index (χ0v) is 11.5. The molecule has 3 heteroatoms. The standard InChI is InChI=1S/C13H29N3/c1-5-12(3,14)11-13(4,6-2)16-9-7-15-8-10-16/h15H,5-11,14H2,1-4H3. The molecule has 2 unspecified atom stereocenters. The van der Waals surface area contributed by atoms with E-state index in [1.807, 2.05) is 0 Å². The summed E-state index contributed by atoms with van der Waals surface area (Å²) < 4.78 is 0. The van der Waals surface area contributed by atoms with Crippen LogP contribution >= 0.6 is 0 Å². The third kappa shape index (κ3) is 3.44. The number of piperazine rings is 1. The molecular weight excluding hydrogens is 198 g/mol. The second-order valence-electron chi connectivity index (χ2n) is 5.77. The van der Waals surface area contributed by atoms with Crippen LogP contribution in [0.25, 0.3) is 0 Å². The van der Waals surface area contributed by atoms with Gasteiger partial charge in [0.1, 0.15) is 0 Å². The van der Waals surface area contributed by atoms with E-state index in [0.29, 0.717) is 0 Å². The largest absolute Gasteiger partial charge is 0.325 e. The first-order valence-electron chi connectivity index (χ1n) is 6.68. The summed E-state index contributed by atoms with van der Waals surface area (Å²) in [6.45, 7) is 13.6. The van der Waals surface area contributed by atoms with Crippen molar-refractivity contribution in [3.8, 4) is 0 Å². The first-order valence-corrected chi connectivity index (χ1v) is 6.68. The zero-order valence-electron chi connectivity index (χ0n) is 11.5. The molecule has 2 atom stereocenters. The van der Waals surface area contributed by atoms with Crippen LogP contribution in [0.15, 0.2) is 0 Å². The van der Waals surface area contributed by atoms with Gasteiger partial charge in [-0.3, -0.25) is 4.90 Å². The van der Waals surface area contributed by atoms with Crippen LogP contribution in [-0.4, -0.2) is 42.2 Å². The van der Waals surface area contributed by atoms with Crippen LogP contribution in [0.5, 0.6) is 0 Å². The van der Waals surface area contributed by atoms with Gasteiger partial charge in [0.2, 0.25) is 0 Å². The van der Waals surface area contributed by atoms with Gasteiger partial charge in [-0.15, -0.1) is 0 Å². The van der Waals surface area contributed by atoms with Gasteiger partial charge in [-0.2, -0.15) is 0 Å². The molecule has 0 aromatic carbocycles. The molecule has 1 aliphatic rings. The minimum absolute atomic E-state index is 0.0321. The van der Waals surface area contributed by atoms with Gasteiger partial charge in [-0.05, 0) is 33.1 Å². The number of hydrogen-bond acceptors (Lipinski definition) is 3. The molecule has 1 fully saturated rings. The van der Waals surface area contributed by atoms with Crippen LogP contribution in [-0.2, 0) is 0 Å². The normalized spacial score (nSPS) is 26.1. The number of nitrogens with zero attached hydrogens (tertiary/aromatic N) is 1. The Bertz CT molecular complexity index is 209. The average Bonchev–Trinajstić information content (AvgIpc) is 2.29. The molecule has 0 saturated carbocycles. The van der Waals surface area contributed by atoms with Gasteiger partial charge in [0.15, 0.2) is 0 Å². The van der Waals surface area contributed by atoms with Crippen molar-refractivity contribution >= 4 is 0 Å². The predicted octanol–water partition coefficient (Wildman–Crippen LogP) is 1.58. The number of nitrogens with two attached hydrogens (primary N) is 1. The Balaban J connectivity index is 2.67. The summed E-state index contributed by atoms with van der Waals surface area (Å²) >= 11 is 0. The zero-order chi connectivity index (χ0) is 12.2. The number of rotatable bonds is 5. The van der Waals surface area contributed by atoms with Crippen molar-refractivity contribution in [3.63, 3.8) is 0 Å². The second-order valence-corrected chi connectivity index (χ2v) is 5.77. The van der Waals surface area contributed by atoms with Crippen molar-refractivity contribution in [3.05, 3.63) is 0 Å². The van der Waals surface area contributed by atoms with Gasteiger partial charge in [0, 0.05) is 37.3 Å². The molecule has 0 aliphatic carbocycles. The van der Waals surface area contributed by atoms with Gasteiger partial charge >= 0.3 is 0 Å². The Morgan fingerprint density at radius 1 is 1.12 bits per heavy atom. The Morgan fingerprint density at radius 2 is 1.69 bits per heavy atom. The first-order chi connectivity index (χ1) is 7.43. The van der Waals surface area contributed by atoms with Gasteiger partial charge < -0.3 is 11.1 Å². The van der Waals surface area contributed by atoms with Crippen LogP contribution in [0.2, 0.25) is 0 Å². The predicted molar refractivity (Wildman–Crippen MR) is 70.6 cm³/mol. The molecule has 1 heterocycles. The molecule has 0 aromatic rings. The Kier molecular flexibility index (Phi) is 4.77. The molecule has 0 spiro atoms. The molecule has 0 bridgehead atoms. The van der Waals surface area contributed by atoms with Gasteiger partial charge in [0.25, 0.3) is 0 Å². The highest BCUT2D eigenvalue weighted by atomic mass is 15.2. The summed E-state index contributed by atoms with van der Waals surface area (Å²) in [4.78, 5) is 2.62. The lowest BCUT2D eigenvalue weighted by Crippen LogP contribution is -2.58. The molecule has 16 heavy (non-hydrogen) atoms. The molecule has 0 amide bonds. The van der Waals surface area contributed by atoms with E-state index >= 15 is 0 Å². The van der Waals surface area contributed by atoms with E-state index in [1.165, 1.54) is 6.42 Å². The maximum Gasteiger partial charge on any atom is 0.0197 e. The van der Waals surface area contributed by atoms with E-state index in [9.17, 15) is 0 Å². The third-order valence-corrected chi connectivity index (χ3v) is 4.23. The van der Waals surface area contributed by atoms with Gasteiger partial charge in [0.05, 0.1) is 0 Å². The van der Waals surface area contributed by atoms with Crippen molar-refractivity contribution in [2.45, 2.75) is 58.0 Å². The van der Waals surface area contributed by atoms with E-state index in [0.717, 1.165) is 39.0 Å². The summed E-state index contributed by atoms with van der Waals surface area (Å²) in [5, 5.41) is 3.41. The highest BCUT2D eigenvalue weighted by Crippen LogP contribution is 2.30. The molecule has 3 nitrogen and oxygen atoms in total. The fraction of sp³-hybridized carbons (Fsp3) is 1.00. The molecule has 0 radical (unpaired) electrons. The first kappa shape index (κ1) is 13.9. The summed E-state index contributed by atoms with van der Waals surface area (Å²) in [7, 11) is 0. The Morgan fingerprint density at radius 3 is 2.12 bits per heavy atom. The van der Waals surface area contributed by atoms with E-state index < -0.39 is 0 Å². The topological polar surface area (TPSA) is 41.3 Å². The number of hydrogen-bond donors (Lipinski definition) is 2. The molecule has 1 saturated heterocycles. The molecule has 1 rings (SSSR count). The summed E-state index contributed by atoms with van der Waals surface area (Å²) in [6, 6.07) is 0. The van der Waals surface area contributed by atoms with Crippen molar-refractivity contribution in [2.75, 3.05) is 26.2 Å². The molecule has 0 aromatic heterocycles. The fourth-order valence-electron chi connectivity index (χ4n) is 2.66. The molecule has 96 valence electrons. The quantitative estimate of drug-likeness (QED) is 0.749. The smallest absolute Gasteiger partial charge is 0.0197 e. The van der Waals surface area contributed by atoms with Crippen molar-refractivity contribution < 1.29 is 0 Å². The monoisotopic (exact) mass is 227 g/mol. The van der Waals surface area contributed by atoms with Crippen LogP contribution in [0, 0.1) is 0 Å². The fourth-order valence-corrected chi connectivity index (χ4v) is 2.66. The molecular formula is C13H29N3. The summed E-state index contributed by atoms with van der Waals surface area (Å²) in [6.07, 6.45) is 3.32. The van der Waals surface area contributed by atoms with Gasteiger partial charge in [-0.25, -0.2) is 0 Å². The van der Waals surface area contributed by atoms with Gasteiger partial charge in [-0.1, -0.05) is 13.8 Å². The third-order valence-electron chi connectivity index (χ3n) is 4.23. The highest BCUT2D eigenvalue weighted by Gasteiger charge is 2.35. The highest BCUT2D eigenvalue weighted by molar-refractivity contribution is 4.95. The lowest BCUT2D eigenvalue weighted by Gasteiger charge is -2.46. The second kappa shape index (κ2) is 5.48. The minimum atomic E-state index is -0.0321. The lowest BCUT2D eigenvalue weighted by atomic mass is 9.80. The minimum Gasteiger partial charge on any atom is -0.325 e. The van der Waals surface area contributed by atoms with E-state index in [2.05, 4.69) is 37.9 Å². The van der Waals surface area contributed by atoms with Crippen LogP contribution in [0.4, 0.5) is 0 Å². The summed E-state index contributed by atoms with van der Waals surface area (Å²) in [5.41, 5.74) is 6.58. The van der Waals surface area contributed by atoms with Crippen molar-refractivity contribution in [1.82, 2.24) is 10.2 Å². The van der Waals surface area contributed by atoms with E-state index in [-0.39, 0.29) is 11.1 Å². The maximum absolute atomic E-state index is 6.34. The SMILES string of the molecule is CCC(C)(N)CC(C)(CC)N1CCNCC1. The Hall–Kier alpha value is -0.120. The van der Waals surface area contributed by atoms with Crippen LogP contribution in [0.1, 0.15) is 47.0 Å². The van der Waals surface area contributed by atoms with E-state index in [4.69, 9.17) is 5.73 Å². The average molecular weight is 227 g/mol. The maximum atomic E-state index is 6.34. The van der Waals surface area contributed by atoms with Crippen molar-refractivity contribution in [2.24, 2.45) is 5.73 Å². The van der Waals surface area contributed by atoms with E-state index in [1.54, 1.807) is 0 Å². The summed E-state index contributed by atoms with van der Waals surface area (Å²) in [5.74, 6) is 0. The number of nitrogens with one attached hydrogen (secondary N) is 1. The molecule has 1 aliphatic heterocycles. The van der Waals surface area contributed by atoms with Crippen LogP contribution < -0.4 is 11.1 Å². The van der Waals surface area contributed by atoms with Crippen LogP contribution in [0.3, 0.4) is 0 Å².